The molecule has 0 N–H and O–H groups in total. The van der Waals surface area contributed by atoms with Gasteiger partial charge in [0.1, 0.15) is 0 Å². The van der Waals surface area contributed by atoms with Crippen molar-refractivity contribution in [2.24, 2.45) is 0 Å². The lowest BCUT2D eigenvalue weighted by Crippen LogP contribution is -2.01. The van der Waals surface area contributed by atoms with Gasteiger partial charge in [-0.05, 0) is 12.7 Å². The fraction of sp³-hybridized carbons (Fsp3) is 0.571. The molecule has 0 rings (SSSR count). The molecule has 0 nitrogen and oxygen atoms in total. The summed E-state index contributed by atoms with van der Waals surface area (Å²) in [5.41, 5.74) is 0. The lowest BCUT2D eigenvalue weighted by molar-refractivity contribution is -0.0697. The Bertz CT molecular complexity index is 151. The van der Waals surface area contributed by atoms with Gasteiger partial charge in [-0.1, -0.05) is 5.92 Å². The first-order chi connectivity index (χ1) is 5.06. The maximum atomic E-state index is 11.4. The van der Waals surface area contributed by atoms with E-state index in [1.807, 2.05) is 5.92 Å². The number of thioether (sulfide) groups is 1. The minimum Gasteiger partial charge on any atom is -0.161 e. The van der Waals surface area contributed by atoms with Gasteiger partial charge < -0.3 is 0 Å². The SMILES string of the molecule is [CH2]CSCCC#CC(F)(F)F. The number of hydrogen-bond donors (Lipinski definition) is 0. The standard InChI is InChI=1S/C7H8F3S/c1-2-11-6-4-3-5-7(8,9)10/h1-2,4,6H2. The van der Waals surface area contributed by atoms with Crippen LogP contribution < -0.4 is 0 Å². The highest BCUT2D eigenvalue weighted by molar-refractivity contribution is 7.99. The Labute approximate surface area is 68.5 Å². The quantitative estimate of drug-likeness (QED) is 0.476. The van der Waals surface area contributed by atoms with Crippen LogP contribution in [-0.2, 0) is 0 Å². The van der Waals surface area contributed by atoms with E-state index < -0.39 is 6.18 Å². The molecule has 4 heteroatoms. The summed E-state index contributed by atoms with van der Waals surface area (Å²) < 4.78 is 34.1. The molecule has 0 aliphatic heterocycles. The number of rotatable bonds is 3. The Morgan fingerprint density at radius 1 is 1.36 bits per heavy atom. The fourth-order valence-electron chi connectivity index (χ4n) is 0.388. The summed E-state index contributed by atoms with van der Waals surface area (Å²) >= 11 is 1.48. The van der Waals surface area contributed by atoms with E-state index in [4.69, 9.17) is 0 Å². The zero-order valence-electron chi connectivity index (χ0n) is 5.87. The molecule has 0 amide bonds. The monoisotopic (exact) mass is 181 g/mol. The molecular formula is C7H8F3S. The van der Waals surface area contributed by atoms with Crippen LogP contribution in [0.15, 0.2) is 0 Å². The molecule has 0 aliphatic rings. The van der Waals surface area contributed by atoms with Crippen molar-refractivity contribution in [3.05, 3.63) is 6.92 Å². The van der Waals surface area contributed by atoms with E-state index in [9.17, 15) is 13.2 Å². The molecule has 0 atom stereocenters. The molecule has 0 unspecified atom stereocenters. The average Bonchev–Trinajstić information content (AvgIpc) is 1.85. The highest BCUT2D eigenvalue weighted by Gasteiger charge is 2.22. The normalized spacial score (nSPS) is 10.5. The molecule has 0 aromatic carbocycles. The van der Waals surface area contributed by atoms with Crippen LogP contribution in [0.3, 0.4) is 0 Å². The molecule has 63 valence electrons. The second-order valence-electron chi connectivity index (χ2n) is 1.66. The molecule has 11 heavy (non-hydrogen) atoms. The molecule has 1 radical (unpaired) electrons. The van der Waals surface area contributed by atoms with Gasteiger partial charge in [-0.2, -0.15) is 24.9 Å². The fourth-order valence-corrected chi connectivity index (χ4v) is 0.839. The van der Waals surface area contributed by atoms with Crippen LogP contribution >= 0.6 is 11.8 Å². The van der Waals surface area contributed by atoms with Crippen molar-refractivity contribution in [3.8, 4) is 11.8 Å². The Morgan fingerprint density at radius 2 is 2.00 bits per heavy atom. The highest BCUT2D eigenvalue weighted by atomic mass is 32.2. The maximum Gasteiger partial charge on any atom is 0.457 e. The zero-order valence-corrected chi connectivity index (χ0v) is 6.69. The largest absolute Gasteiger partial charge is 0.457 e. The van der Waals surface area contributed by atoms with Crippen molar-refractivity contribution in [2.75, 3.05) is 11.5 Å². The number of halogens is 3. The van der Waals surface area contributed by atoms with Crippen LogP contribution in [0.1, 0.15) is 6.42 Å². The van der Waals surface area contributed by atoms with E-state index >= 15 is 0 Å². The Morgan fingerprint density at radius 3 is 2.45 bits per heavy atom. The molecule has 0 aromatic heterocycles. The summed E-state index contributed by atoms with van der Waals surface area (Å²) in [7, 11) is 0. The summed E-state index contributed by atoms with van der Waals surface area (Å²) in [6.07, 6.45) is -4.06. The molecule has 0 saturated carbocycles. The van der Waals surface area contributed by atoms with Gasteiger partial charge in [0, 0.05) is 18.1 Å². The minimum atomic E-state index is -4.34. The second-order valence-corrected chi connectivity index (χ2v) is 2.89. The first-order valence-electron chi connectivity index (χ1n) is 3.00. The van der Waals surface area contributed by atoms with Crippen molar-refractivity contribution in [2.45, 2.75) is 12.6 Å². The topological polar surface area (TPSA) is 0 Å². The predicted molar refractivity (Wildman–Crippen MR) is 41.1 cm³/mol. The third kappa shape index (κ3) is 9.70. The van der Waals surface area contributed by atoms with Crippen LogP contribution in [0, 0.1) is 18.8 Å². The van der Waals surface area contributed by atoms with Crippen LogP contribution in [0.25, 0.3) is 0 Å². The van der Waals surface area contributed by atoms with Crippen molar-refractivity contribution >= 4 is 11.8 Å². The molecular weight excluding hydrogens is 173 g/mol. The lowest BCUT2D eigenvalue weighted by atomic mass is 10.4. The van der Waals surface area contributed by atoms with Gasteiger partial charge in [0.25, 0.3) is 0 Å². The molecule has 0 fully saturated rings. The number of alkyl halides is 3. The Balaban J connectivity index is 3.41. The second kappa shape index (κ2) is 5.36. The summed E-state index contributed by atoms with van der Waals surface area (Å²) in [6, 6.07) is 0. The molecule has 0 spiro atoms. The van der Waals surface area contributed by atoms with Gasteiger partial charge in [-0.3, -0.25) is 0 Å². The van der Waals surface area contributed by atoms with Crippen molar-refractivity contribution in [1.29, 1.82) is 0 Å². The Kier molecular flexibility index (Phi) is 5.22. The van der Waals surface area contributed by atoms with Gasteiger partial charge in [0.05, 0.1) is 0 Å². The zero-order chi connectivity index (χ0) is 8.74. The highest BCUT2D eigenvalue weighted by Crippen LogP contribution is 2.12. The minimum absolute atomic E-state index is 0.277. The van der Waals surface area contributed by atoms with Gasteiger partial charge in [-0.25, -0.2) is 0 Å². The van der Waals surface area contributed by atoms with Crippen LogP contribution in [0.2, 0.25) is 0 Å². The third-order valence-corrected chi connectivity index (χ3v) is 1.53. The maximum absolute atomic E-state index is 11.4. The first kappa shape index (κ1) is 10.7. The van der Waals surface area contributed by atoms with Gasteiger partial charge in [-0.15, -0.1) is 0 Å². The predicted octanol–water partition coefficient (Wildman–Crippen LogP) is 2.51. The lowest BCUT2D eigenvalue weighted by Gasteiger charge is -1.92. The molecule has 0 heterocycles. The van der Waals surface area contributed by atoms with Crippen molar-refractivity contribution < 1.29 is 13.2 Å². The van der Waals surface area contributed by atoms with Gasteiger partial charge in [0.2, 0.25) is 0 Å². The molecule has 0 aliphatic carbocycles. The summed E-state index contributed by atoms with van der Waals surface area (Å²) in [5, 5.41) is 0. The van der Waals surface area contributed by atoms with E-state index in [0.29, 0.717) is 11.5 Å². The van der Waals surface area contributed by atoms with Gasteiger partial charge >= 0.3 is 6.18 Å². The summed E-state index contributed by atoms with van der Waals surface area (Å²) in [5.74, 6) is 4.53. The Hall–Kier alpha value is -0.300. The van der Waals surface area contributed by atoms with Crippen molar-refractivity contribution in [3.63, 3.8) is 0 Å². The molecule has 0 bridgehead atoms. The van der Waals surface area contributed by atoms with E-state index in [2.05, 4.69) is 6.92 Å². The third-order valence-electron chi connectivity index (χ3n) is 0.746. The van der Waals surface area contributed by atoms with Gasteiger partial charge in [0.15, 0.2) is 0 Å². The van der Waals surface area contributed by atoms with E-state index in [-0.39, 0.29) is 6.42 Å². The van der Waals surface area contributed by atoms with Crippen LogP contribution in [-0.4, -0.2) is 17.7 Å². The number of hydrogen-bond acceptors (Lipinski definition) is 1. The van der Waals surface area contributed by atoms with Crippen molar-refractivity contribution in [1.82, 2.24) is 0 Å². The first-order valence-corrected chi connectivity index (χ1v) is 4.15. The summed E-state index contributed by atoms with van der Waals surface area (Å²) in [4.78, 5) is 0. The van der Waals surface area contributed by atoms with Crippen LogP contribution in [0.4, 0.5) is 13.2 Å². The van der Waals surface area contributed by atoms with E-state index in [1.54, 1.807) is 0 Å². The van der Waals surface area contributed by atoms with E-state index in [1.165, 1.54) is 17.7 Å². The molecule has 0 saturated heterocycles. The molecule has 0 aromatic rings. The summed E-state index contributed by atoms with van der Waals surface area (Å²) in [6.45, 7) is 3.52. The van der Waals surface area contributed by atoms with Crippen LogP contribution in [0.5, 0.6) is 0 Å². The average molecular weight is 181 g/mol. The smallest absolute Gasteiger partial charge is 0.161 e. The van der Waals surface area contributed by atoms with E-state index in [0.717, 1.165) is 0 Å².